The van der Waals surface area contributed by atoms with Gasteiger partial charge in [0.2, 0.25) is 0 Å². The molecule has 1 atom stereocenters. The first-order valence-corrected chi connectivity index (χ1v) is 7.90. The second-order valence-electron chi connectivity index (χ2n) is 5.87. The Bertz CT molecular complexity index is 726. The molecule has 1 amide bonds. The van der Waals surface area contributed by atoms with Crippen molar-refractivity contribution in [3.05, 3.63) is 65.5 Å². The van der Waals surface area contributed by atoms with Gasteiger partial charge in [0, 0.05) is 5.56 Å². The van der Waals surface area contributed by atoms with E-state index in [2.05, 4.69) is 5.32 Å². The Morgan fingerprint density at radius 3 is 2.20 bits per heavy atom. The smallest absolute Gasteiger partial charge is 0.305 e. The summed E-state index contributed by atoms with van der Waals surface area (Å²) in [5, 5.41) is 11.8. The zero-order chi connectivity index (χ0) is 18.4. The van der Waals surface area contributed by atoms with Crippen LogP contribution in [0.1, 0.15) is 42.2 Å². The lowest BCUT2D eigenvalue weighted by atomic mass is 10.0. The average molecular weight is 345 g/mol. The Hall–Kier alpha value is -2.89. The predicted molar refractivity (Wildman–Crippen MR) is 91.1 cm³/mol. The number of ether oxygens (including phenoxy) is 1. The highest BCUT2D eigenvalue weighted by atomic mass is 19.1. The second-order valence-corrected chi connectivity index (χ2v) is 5.87. The number of benzene rings is 2. The van der Waals surface area contributed by atoms with E-state index in [0.29, 0.717) is 11.3 Å². The van der Waals surface area contributed by atoms with Gasteiger partial charge in [0.05, 0.1) is 18.6 Å². The minimum atomic E-state index is -1.04. The van der Waals surface area contributed by atoms with E-state index in [1.54, 1.807) is 24.3 Å². The average Bonchev–Trinajstić information content (AvgIpc) is 2.54. The molecule has 0 aromatic heterocycles. The molecule has 5 nitrogen and oxygen atoms in total. The first-order valence-electron chi connectivity index (χ1n) is 7.90. The normalized spacial score (nSPS) is 11.8. The van der Waals surface area contributed by atoms with Gasteiger partial charge in [-0.3, -0.25) is 9.59 Å². The lowest BCUT2D eigenvalue weighted by molar-refractivity contribution is -0.137. The molecular formula is C19H20FNO4. The van der Waals surface area contributed by atoms with Crippen LogP contribution in [-0.4, -0.2) is 23.1 Å². The Kier molecular flexibility index (Phi) is 6.11. The molecule has 0 fully saturated rings. The third-order valence-corrected chi connectivity index (χ3v) is 3.44. The van der Waals surface area contributed by atoms with E-state index >= 15 is 0 Å². The molecule has 1 unspecified atom stereocenters. The van der Waals surface area contributed by atoms with Crippen LogP contribution >= 0.6 is 0 Å². The first kappa shape index (κ1) is 18.4. The molecule has 0 aliphatic heterocycles. The van der Waals surface area contributed by atoms with Crippen molar-refractivity contribution in [3.63, 3.8) is 0 Å². The number of carboxylic acid groups (broad SMARTS) is 1. The zero-order valence-corrected chi connectivity index (χ0v) is 14.0. The van der Waals surface area contributed by atoms with Gasteiger partial charge in [0.25, 0.3) is 5.91 Å². The van der Waals surface area contributed by atoms with Crippen LogP contribution in [0.15, 0.2) is 48.5 Å². The van der Waals surface area contributed by atoms with Gasteiger partial charge in [-0.25, -0.2) is 4.39 Å². The zero-order valence-electron chi connectivity index (χ0n) is 14.0. The van der Waals surface area contributed by atoms with E-state index in [1.807, 2.05) is 13.8 Å². The molecule has 2 N–H and O–H groups in total. The van der Waals surface area contributed by atoms with Crippen molar-refractivity contribution in [2.45, 2.75) is 32.4 Å². The Morgan fingerprint density at radius 2 is 1.68 bits per heavy atom. The van der Waals surface area contributed by atoms with Crippen LogP contribution in [0, 0.1) is 5.82 Å². The number of carbonyl (C=O) groups is 2. The number of amides is 1. The van der Waals surface area contributed by atoms with Crippen molar-refractivity contribution < 1.29 is 23.8 Å². The molecule has 0 saturated heterocycles. The maximum Gasteiger partial charge on any atom is 0.305 e. The number of hydrogen-bond donors (Lipinski definition) is 2. The molecule has 132 valence electrons. The van der Waals surface area contributed by atoms with Crippen molar-refractivity contribution in [2.24, 2.45) is 0 Å². The van der Waals surface area contributed by atoms with Crippen molar-refractivity contribution in [1.29, 1.82) is 0 Å². The summed E-state index contributed by atoms with van der Waals surface area (Å²) in [5.41, 5.74) is 0.908. The summed E-state index contributed by atoms with van der Waals surface area (Å²) in [6.45, 7) is 3.81. The molecule has 0 aliphatic rings. The number of hydrogen-bond acceptors (Lipinski definition) is 3. The van der Waals surface area contributed by atoms with Crippen molar-refractivity contribution in [3.8, 4) is 5.75 Å². The van der Waals surface area contributed by atoms with Gasteiger partial charge in [-0.2, -0.15) is 0 Å². The molecule has 2 aromatic rings. The van der Waals surface area contributed by atoms with Gasteiger partial charge in [0.1, 0.15) is 11.6 Å². The van der Waals surface area contributed by atoms with Crippen LogP contribution < -0.4 is 10.1 Å². The van der Waals surface area contributed by atoms with E-state index < -0.39 is 23.7 Å². The van der Waals surface area contributed by atoms with Gasteiger partial charge in [0.15, 0.2) is 0 Å². The highest BCUT2D eigenvalue weighted by molar-refractivity contribution is 5.94. The summed E-state index contributed by atoms with van der Waals surface area (Å²) in [4.78, 5) is 23.4. The summed E-state index contributed by atoms with van der Waals surface area (Å²) >= 11 is 0. The second kappa shape index (κ2) is 8.28. The van der Waals surface area contributed by atoms with Crippen molar-refractivity contribution in [1.82, 2.24) is 5.32 Å². The van der Waals surface area contributed by atoms with Crippen LogP contribution in [0.4, 0.5) is 4.39 Å². The minimum Gasteiger partial charge on any atom is -0.491 e. The summed E-state index contributed by atoms with van der Waals surface area (Å²) in [6.07, 6.45) is -0.240. The SMILES string of the molecule is CC(C)Oc1ccc(C(CC(=O)O)NC(=O)c2ccc(F)cc2)cc1. The number of nitrogens with one attached hydrogen (secondary N) is 1. The third kappa shape index (κ3) is 5.60. The highest BCUT2D eigenvalue weighted by Gasteiger charge is 2.19. The molecule has 2 rings (SSSR count). The van der Waals surface area contributed by atoms with Crippen molar-refractivity contribution >= 4 is 11.9 Å². The summed E-state index contributed by atoms with van der Waals surface area (Å²) in [6, 6.07) is 11.3. The fraction of sp³-hybridized carbons (Fsp3) is 0.263. The van der Waals surface area contributed by atoms with E-state index in [9.17, 15) is 14.0 Å². The van der Waals surface area contributed by atoms with Crippen LogP contribution in [0.3, 0.4) is 0 Å². The van der Waals surface area contributed by atoms with Crippen LogP contribution in [0.5, 0.6) is 5.75 Å². The summed E-state index contributed by atoms with van der Waals surface area (Å²) in [5.74, 6) is -1.28. The Labute approximate surface area is 145 Å². The number of carbonyl (C=O) groups excluding carboxylic acids is 1. The highest BCUT2D eigenvalue weighted by Crippen LogP contribution is 2.22. The number of carboxylic acids is 1. The van der Waals surface area contributed by atoms with Gasteiger partial charge < -0.3 is 15.2 Å². The molecule has 6 heteroatoms. The van der Waals surface area contributed by atoms with Gasteiger partial charge >= 0.3 is 5.97 Å². The Balaban J connectivity index is 2.16. The molecule has 0 spiro atoms. The lowest BCUT2D eigenvalue weighted by Gasteiger charge is -2.18. The number of halogens is 1. The molecule has 0 radical (unpaired) electrons. The largest absolute Gasteiger partial charge is 0.491 e. The monoisotopic (exact) mass is 345 g/mol. The molecule has 25 heavy (non-hydrogen) atoms. The quantitative estimate of drug-likeness (QED) is 0.804. The first-order chi connectivity index (χ1) is 11.8. The fourth-order valence-electron chi connectivity index (χ4n) is 2.32. The predicted octanol–water partition coefficient (Wildman–Crippen LogP) is 3.56. The van der Waals surface area contributed by atoms with Crippen molar-refractivity contribution in [2.75, 3.05) is 0 Å². The van der Waals surface area contributed by atoms with E-state index in [1.165, 1.54) is 24.3 Å². The maximum atomic E-state index is 13.0. The van der Waals surface area contributed by atoms with Crippen LogP contribution in [0.2, 0.25) is 0 Å². The molecule has 0 saturated carbocycles. The standard InChI is InChI=1S/C19H20FNO4/c1-12(2)25-16-9-5-13(6-10-16)17(11-18(22)23)21-19(24)14-3-7-15(20)8-4-14/h3-10,12,17H,11H2,1-2H3,(H,21,24)(H,22,23). The molecule has 2 aromatic carbocycles. The molecular weight excluding hydrogens is 325 g/mol. The molecule has 0 aliphatic carbocycles. The fourth-order valence-corrected chi connectivity index (χ4v) is 2.32. The van der Waals surface area contributed by atoms with Crippen LogP contribution in [0.25, 0.3) is 0 Å². The van der Waals surface area contributed by atoms with Gasteiger partial charge in [-0.15, -0.1) is 0 Å². The molecule has 0 bridgehead atoms. The van der Waals surface area contributed by atoms with E-state index in [0.717, 1.165) is 0 Å². The van der Waals surface area contributed by atoms with E-state index in [4.69, 9.17) is 9.84 Å². The minimum absolute atomic E-state index is 0.0267. The van der Waals surface area contributed by atoms with Gasteiger partial charge in [-0.05, 0) is 55.8 Å². The Morgan fingerprint density at radius 1 is 1.08 bits per heavy atom. The lowest BCUT2D eigenvalue weighted by Crippen LogP contribution is -2.30. The maximum absolute atomic E-state index is 13.0. The third-order valence-electron chi connectivity index (χ3n) is 3.44. The van der Waals surface area contributed by atoms with Gasteiger partial charge in [-0.1, -0.05) is 12.1 Å². The summed E-state index contributed by atoms with van der Waals surface area (Å²) < 4.78 is 18.5. The number of aliphatic carboxylic acids is 1. The topological polar surface area (TPSA) is 75.6 Å². The van der Waals surface area contributed by atoms with E-state index in [-0.39, 0.29) is 18.1 Å². The van der Waals surface area contributed by atoms with Crippen LogP contribution in [-0.2, 0) is 4.79 Å². The number of rotatable bonds is 7. The summed E-state index contributed by atoms with van der Waals surface area (Å²) in [7, 11) is 0. The molecule has 0 heterocycles.